The SMILES string of the molecule is CN(C)c1ccc(Nc2ccnc(C(=O)O)n2)cc1. The van der Waals surface area contributed by atoms with Gasteiger partial charge >= 0.3 is 5.97 Å². The van der Waals surface area contributed by atoms with Crippen LogP contribution in [0.4, 0.5) is 17.2 Å². The predicted molar refractivity (Wildman–Crippen MR) is 73.0 cm³/mol. The zero-order chi connectivity index (χ0) is 13.8. The van der Waals surface area contributed by atoms with Crippen LogP contribution < -0.4 is 10.2 Å². The topological polar surface area (TPSA) is 78.4 Å². The van der Waals surface area contributed by atoms with Crippen LogP contribution in [0.25, 0.3) is 0 Å². The maximum atomic E-state index is 10.8. The Hall–Kier alpha value is -2.63. The fraction of sp³-hybridized carbons (Fsp3) is 0.154. The molecule has 0 unspecified atom stereocenters. The second-order valence-electron chi connectivity index (χ2n) is 4.14. The number of nitrogens with one attached hydrogen (secondary N) is 1. The number of aromatic carboxylic acids is 1. The summed E-state index contributed by atoms with van der Waals surface area (Å²) in [6, 6.07) is 9.34. The lowest BCUT2D eigenvalue weighted by molar-refractivity contribution is 0.0683. The molecule has 0 radical (unpaired) electrons. The highest BCUT2D eigenvalue weighted by atomic mass is 16.4. The highest BCUT2D eigenvalue weighted by Crippen LogP contribution is 2.18. The molecule has 0 saturated heterocycles. The molecule has 19 heavy (non-hydrogen) atoms. The molecule has 6 nitrogen and oxygen atoms in total. The zero-order valence-electron chi connectivity index (χ0n) is 10.7. The quantitative estimate of drug-likeness (QED) is 0.873. The second kappa shape index (κ2) is 5.34. The first-order valence-electron chi connectivity index (χ1n) is 5.67. The monoisotopic (exact) mass is 258 g/mol. The third-order valence-electron chi connectivity index (χ3n) is 2.50. The summed E-state index contributed by atoms with van der Waals surface area (Å²) in [6.07, 6.45) is 1.41. The maximum Gasteiger partial charge on any atom is 0.374 e. The Labute approximate surface area is 110 Å². The van der Waals surface area contributed by atoms with Gasteiger partial charge in [0, 0.05) is 31.7 Å². The molecule has 1 aromatic heterocycles. The van der Waals surface area contributed by atoms with Crippen molar-refractivity contribution >= 4 is 23.2 Å². The van der Waals surface area contributed by atoms with E-state index in [-0.39, 0.29) is 5.82 Å². The number of carbonyl (C=O) groups is 1. The summed E-state index contributed by atoms with van der Waals surface area (Å²) in [7, 11) is 3.93. The smallest absolute Gasteiger partial charge is 0.374 e. The van der Waals surface area contributed by atoms with Crippen molar-refractivity contribution < 1.29 is 9.90 Å². The van der Waals surface area contributed by atoms with Crippen LogP contribution in [-0.4, -0.2) is 35.1 Å². The lowest BCUT2D eigenvalue weighted by Gasteiger charge is -2.13. The number of benzene rings is 1. The third-order valence-corrected chi connectivity index (χ3v) is 2.50. The molecule has 0 aliphatic rings. The molecule has 1 aromatic carbocycles. The van der Waals surface area contributed by atoms with E-state index in [1.807, 2.05) is 43.3 Å². The lowest BCUT2D eigenvalue weighted by atomic mass is 10.2. The van der Waals surface area contributed by atoms with Gasteiger partial charge in [0.15, 0.2) is 0 Å². The fourth-order valence-electron chi connectivity index (χ4n) is 1.52. The van der Waals surface area contributed by atoms with Crippen molar-refractivity contribution in [2.75, 3.05) is 24.3 Å². The number of hydrogen-bond donors (Lipinski definition) is 2. The van der Waals surface area contributed by atoms with Gasteiger partial charge in [0.1, 0.15) is 5.82 Å². The molecular formula is C13H14N4O2. The molecule has 0 aliphatic carbocycles. The van der Waals surface area contributed by atoms with Gasteiger partial charge in [0.2, 0.25) is 5.82 Å². The largest absolute Gasteiger partial charge is 0.475 e. The third kappa shape index (κ3) is 3.19. The molecule has 0 spiro atoms. The minimum absolute atomic E-state index is 0.227. The summed E-state index contributed by atoms with van der Waals surface area (Å²) in [5.41, 5.74) is 1.92. The highest BCUT2D eigenvalue weighted by molar-refractivity contribution is 5.83. The highest BCUT2D eigenvalue weighted by Gasteiger charge is 2.07. The molecule has 6 heteroatoms. The molecule has 2 rings (SSSR count). The number of rotatable bonds is 4. The van der Waals surface area contributed by atoms with E-state index in [9.17, 15) is 4.79 Å². The molecule has 0 aliphatic heterocycles. The molecule has 2 aromatic rings. The number of carboxylic acids is 1. The van der Waals surface area contributed by atoms with E-state index in [1.165, 1.54) is 6.20 Å². The Kier molecular flexibility index (Phi) is 3.61. The maximum absolute atomic E-state index is 10.8. The van der Waals surface area contributed by atoms with Gasteiger partial charge < -0.3 is 15.3 Å². The molecule has 0 fully saturated rings. The molecule has 0 atom stereocenters. The number of aromatic nitrogens is 2. The van der Waals surface area contributed by atoms with Crippen molar-refractivity contribution in [2.24, 2.45) is 0 Å². The van der Waals surface area contributed by atoms with Gasteiger partial charge in [-0.1, -0.05) is 0 Å². The van der Waals surface area contributed by atoms with Crippen LogP contribution in [-0.2, 0) is 0 Å². The van der Waals surface area contributed by atoms with Crippen LogP contribution in [0.15, 0.2) is 36.5 Å². The molecule has 0 bridgehead atoms. The first-order chi connectivity index (χ1) is 9.06. The number of anilines is 3. The van der Waals surface area contributed by atoms with Gasteiger partial charge in [-0.15, -0.1) is 0 Å². The summed E-state index contributed by atoms with van der Waals surface area (Å²) in [6.45, 7) is 0. The Bertz CT molecular complexity index is 581. The van der Waals surface area contributed by atoms with Gasteiger partial charge in [-0.05, 0) is 30.3 Å². The van der Waals surface area contributed by atoms with Crippen LogP contribution in [0, 0.1) is 0 Å². The van der Waals surface area contributed by atoms with Crippen molar-refractivity contribution in [3.05, 3.63) is 42.4 Å². The number of hydrogen-bond acceptors (Lipinski definition) is 5. The first kappa shape index (κ1) is 12.8. The molecule has 1 heterocycles. The minimum Gasteiger partial charge on any atom is -0.475 e. The van der Waals surface area contributed by atoms with E-state index in [1.54, 1.807) is 6.07 Å². The van der Waals surface area contributed by atoms with Crippen molar-refractivity contribution in [3.8, 4) is 0 Å². The molecule has 98 valence electrons. The Balaban J connectivity index is 2.16. The normalized spacial score (nSPS) is 10.0. The van der Waals surface area contributed by atoms with Gasteiger partial charge in [0.25, 0.3) is 0 Å². The standard InChI is InChI=1S/C13H14N4O2/c1-17(2)10-5-3-9(4-6-10)15-11-7-8-14-12(16-11)13(18)19/h3-8H,1-2H3,(H,18,19)(H,14,15,16). The van der Waals surface area contributed by atoms with E-state index < -0.39 is 5.97 Å². The van der Waals surface area contributed by atoms with E-state index in [4.69, 9.17) is 5.11 Å². The van der Waals surface area contributed by atoms with Gasteiger partial charge in [-0.2, -0.15) is 0 Å². The van der Waals surface area contributed by atoms with Crippen LogP contribution in [0.5, 0.6) is 0 Å². The summed E-state index contributed by atoms with van der Waals surface area (Å²) in [5.74, 6) is -0.925. The molecule has 0 amide bonds. The minimum atomic E-state index is -1.15. The van der Waals surface area contributed by atoms with Gasteiger partial charge in [-0.3, -0.25) is 0 Å². The number of nitrogens with zero attached hydrogens (tertiary/aromatic N) is 3. The van der Waals surface area contributed by atoms with E-state index in [2.05, 4.69) is 15.3 Å². The first-order valence-corrected chi connectivity index (χ1v) is 5.67. The zero-order valence-corrected chi connectivity index (χ0v) is 10.7. The Morgan fingerprint density at radius 2 is 1.89 bits per heavy atom. The van der Waals surface area contributed by atoms with Crippen LogP contribution in [0.3, 0.4) is 0 Å². The van der Waals surface area contributed by atoms with Crippen molar-refractivity contribution in [3.63, 3.8) is 0 Å². The number of carboxylic acid groups (broad SMARTS) is 1. The predicted octanol–water partition coefficient (Wildman–Crippen LogP) is 1.98. The van der Waals surface area contributed by atoms with Crippen LogP contribution in [0.1, 0.15) is 10.6 Å². The summed E-state index contributed by atoms with van der Waals surface area (Å²) in [4.78, 5) is 20.3. The Morgan fingerprint density at radius 3 is 2.47 bits per heavy atom. The molecular weight excluding hydrogens is 244 g/mol. The average molecular weight is 258 g/mol. The second-order valence-corrected chi connectivity index (χ2v) is 4.14. The van der Waals surface area contributed by atoms with Crippen LogP contribution >= 0.6 is 0 Å². The van der Waals surface area contributed by atoms with Crippen LogP contribution in [0.2, 0.25) is 0 Å². The van der Waals surface area contributed by atoms with Crippen molar-refractivity contribution in [1.29, 1.82) is 0 Å². The van der Waals surface area contributed by atoms with Gasteiger partial charge in [-0.25, -0.2) is 14.8 Å². The fourth-order valence-corrected chi connectivity index (χ4v) is 1.52. The summed E-state index contributed by atoms with van der Waals surface area (Å²) in [5, 5.41) is 11.8. The average Bonchev–Trinajstić information content (AvgIpc) is 2.39. The summed E-state index contributed by atoms with van der Waals surface area (Å²) < 4.78 is 0. The van der Waals surface area contributed by atoms with Crippen molar-refractivity contribution in [2.45, 2.75) is 0 Å². The molecule has 2 N–H and O–H groups in total. The van der Waals surface area contributed by atoms with E-state index >= 15 is 0 Å². The van der Waals surface area contributed by atoms with Gasteiger partial charge in [0.05, 0.1) is 0 Å². The van der Waals surface area contributed by atoms with Crippen molar-refractivity contribution in [1.82, 2.24) is 9.97 Å². The molecule has 0 saturated carbocycles. The van der Waals surface area contributed by atoms with E-state index in [0.29, 0.717) is 5.82 Å². The summed E-state index contributed by atoms with van der Waals surface area (Å²) >= 11 is 0. The van der Waals surface area contributed by atoms with E-state index in [0.717, 1.165) is 11.4 Å². The Morgan fingerprint density at radius 1 is 1.21 bits per heavy atom. The lowest BCUT2D eigenvalue weighted by Crippen LogP contribution is -2.08.